The summed E-state index contributed by atoms with van der Waals surface area (Å²) in [5, 5.41) is 10.0. The lowest BCUT2D eigenvalue weighted by atomic mass is 10.2. The fourth-order valence-corrected chi connectivity index (χ4v) is 2.41. The van der Waals surface area contributed by atoms with Crippen molar-refractivity contribution in [1.82, 2.24) is 4.90 Å². The van der Waals surface area contributed by atoms with Crippen LogP contribution in [0.3, 0.4) is 0 Å². The number of hydrogen-bond acceptors (Lipinski definition) is 5. The summed E-state index contributed by atoms with van der Waals surface area (Å²) in [5.41, 5.74) is 0. The SMILES string of the molecule is CC(C)OCC(O)CN1CCOC(COc2ccccc2)C1. The fraction of sp³-hybridized carbons (Fsp3) is 0.647. The molecule has 1 aromatic rings. The number of aliphatic hydroxyl groups excluding tert-OH is 1. The van der Waals surface area contributed by atoms with Crippen LogP contribution < -0.4 is 4.74 Å². The molecule has 0 bridgehead atoms. The second kappa shape index (κ2) is 9.10. The summed E-state index contributed by atoms with van der Waals surface area (Å²) in [7, 11) is 0. The van der Waals surface area contributed by atoms with Crippen molar-refractivity contribution in [1.29, 1.82) is 0 Å². The van der Waals surface area contributed by atoms with Gasteiger partial charge in [-0.2, -0.15) is 0 Å². The fourth-order valence-electron chi connectivity index (χ4n) is 2.41. The van der Waals surface area contributed by atoms with Crippen molar-refractivity contribution in [2.45, 2.75) is 32.2 Å². The van der Waals surface area contributed by atoms with Crippen molar-refractivity contribution < 1.29 is 19.3 Å². The first-order chi connectivity index (χ1) is 10.6. The standard InChI is InChI=1S/C17H27NO4/c1-14(2)21-12-15(19)10-18-8-9-20-17(11-18)13-22-16-6-4-3-5-7-16/h3-7,14-15,17,19H,8-13H2,1-2H3. The maximum atomic E-state index is 10.0. The molecule has 1 fully saturated rings. The van der Waals surface area contributed by atoms with Crippen LogP contribution in [0.4, 0.5) is 0 Å². The van der Waals surface area contributed by atoms with Crippen LogP contribution in [0, 0.1) is 0 Å². The smallest absolute Gasteiger partial charge is 0.119 e. The Bertz CT molecular complexity index is 412. The molecule has 1 aliphatic rings. The van der Waals surface area contributed by atoms with Gasteiger partial charge in [0.25, 0.3) is 0 Å². The average molecular weight is 309 g/mol. The lowest BCUT2D eigenvalue weighted by Crippen LogP contribution is -2.48. The molecule has 2 rings (SSSR count). The van der Waals surface area contributed by atoms with E-state index >= 15 is 0 Å². The van der Waals surface area contributed by atoms with Gasteiger partial charge in [0.05, 0.1) is 25.4 Å². The minimum absolute atomic E-state index is 0.0344. The molecule has 0 saturated carbocycles. The highest BCUT2D eigenvalue weighted by atomic mass is 16.5. The van der Waals surface area contributed by atoms with E-state index < -0.39 is 6.10 Å². The van der Waals surface area contributed by atoms with Gasteiger partial charge in [-0.05, 0) is 26.0 Å². The summed E-state index contributed by atoms with van der Waals surface area (Å²) in [4.78, 5) is 2.21. The highest BCUT2D eigenvalue weighted by Crippen LogP contribution is 2.12. The lowest BCUT2D eigenvalue weighted by molar-refractivity contribution is -0.0679. The van der Waals surface area contributed by atoms with Gasteiger partial charge in [-0.15, -0.1) is 0 Å². The molecule has 2 unspecified atom stereocenters. The molecule has 1 heterocycles. The first kappa shape index (κ1) is 17.2. The van der Waals surface area contributed by atoms with Crippen molar-refractivity contribution in [3.8, 4) is 5.75 Å². The largest absolute Gasteiger partial charge is 0.491 e. The Morgan fingerprint density at radius 3 is 2.82 bits per heavy atom. The van der Waals surface area contributed by atoms with Gasteiger partial charge in [0.2, 0.25) is 0 Å². The second-order valence-electron chi connectivity index (χ2n) is 5.91. The Hall–Kier alpha value is -1.14. The highest BCUT2D eigenvalue weighted by molar-refractivity contribution is 5.20. The van der Waals surface area contributed by atoms with E-state index in [0.717, 1.165) is 18.8 Å². The molecule has 0 aliphatic carbocycles. The van der Waals surface area contributed by atoms with E-state index in [-0.39, 0.29) is 12.2 Å². The van der Waals surface area contributed by atoms with Gasteiger partial charge in [0, 0.05) is 19.6 Å². The first-order valence-electron chi connectivity index (χ1n) is 7.95. The zero-order valence-corrected chi connectivity index (χ0v) is 13.5. The van der Waals surface area contributed by atoms with Gasteiger partial charge < -0.3 is 19.3 Å². The molecule has 5 nitrogen and oxygen atoms in total. The number of ether oxygens (including phenoxy) is 3. The summed E-state index contributed by atoms with van der Waals surface area (Å²) < 4.78 is 16.9. The molecule has 2 atom stereocenters. The van der Waals surface area contributed by atoms with E-state index in [9.17, 15) is 5.11 Å². The number of rotatable bonds is 8. The van der Waals surface area contributed by atoms with Crippen LogP contribution in [0.25, 0.3) is 0 Å². The van der Waals surface area contributed by atoms with Crippen LogP contribution in [0.1, 0.15) is 13.8 Å². The van der Waals surface area contributed by atoms with Crippen LogP contribution in [-0.4, -0.2) is 67.8 Å². The van der Waals surface area contributed by atoms with Crippen LogP contribution in [0.5, 0.6) is 5.75 Å². The van der Waals surface area contributed by atoms with Crippen molar-refractivity contribution in [3.05, 3.63) is 30.3 Å². The molecule has 0 spiro atoms. The van der Waals surface area contributed by atoms with Gasteiger partial charge in [0.15, 0.2) is 0 Å². The molecular formula is C17H27NO4. The third-order valence-corrected chi connectivity index (χ3v) is 3.49. The lowest BCUT2D eigenvalue weighted by Gasteiger charge is -2.34. The Morgan fingerprint density at radius 1 is 1.32 bits per heavy atom. The summed E-state index contributed by atoms with van der Waals surface area (Å²) in [5.74, 6) is 0.855. The summed E-state index contributed by atoms with van der Waals surface area (Å²) in [6, 6.07) is 9.75. The molecule has 124 valence electrons. The predicted molar refractivity (Wildman–Crippen MR) is 85.2 cm³/mol. The molecule has 1 saturated heterocycles. The highest BCUT2D eigenvalue weighted by Gasteiger charge is 2.23. The van der Waals surface area contributed by atoms with Crippen molar-refractivity contribution in [3.63, 3.8) is 0 Å². The monoisotopic (exact) mass is 309 g/mol. The zero-order valence-electron chi connectivity index (χ0n) is 13.5. The number of nitrogens with zero attached hydrogens (tertiary/aromatic N) is 1. The molecule has 1 N–H and O–H groups in total. The Morgan fingerprint density at radius 2 is 2.09 bits per heavy atom. The van der Waals surface area contributed by atoms with Crippen LogP contribution in [-0.2, 0) is 9.47 Å². The maximum Gasteiger partial charge on any atom is 0.119 e. The molecule has 0 radical (unpaired) electrons. The van der Waals surface area contributed by atoms with Gasteiger partial charge >= 0.3 is 0 Å². The summed E-state index contributed by atoms with van der Waals surface area (Å²) in [6.07, 6.45) is -0.283. The number of benzene rings is 1. The van der Waals surface area contributed by atoms with Gasteiger partial charge in [-0.1, -0.05) is 18.2 Å². The van der Waals surface area contributed by atoms with Crippen LogP contribution in [0.2, 0.25) is 0 Å². The number of morpholine rings is 1. The Balaban J connectivity index is 1.69. The van der Waals surface area contributed by atoms with Crippen LogP contribution in [0.15, 0.2) is 30.3 Å². The second-order valence-corrected chi connectivity index (χ2v) is 5.91. The minimum atomic E-state index is -0.462. The van der Waals surface area contributed by atoms with E-state index in [1.165, 1.54) is 0 Å². The molecule has 1 aliphatic heterocycles. The maximum absolute atomic E-state index is 10.0. The number of aliphatic hydroxyl groups is 1. The zero-order chi connectivity index (χ0) is 15.8. The van der Waals surface area contributed by atoms with E-state index in [1.54, 1.807) is 0 Å². The average Bonchev–Trinajstić information content (AvgIpc) is 2.52. The molecule has 0 aromatic heterocycles. The number of hydrogen-bond donors (Lipinski definition) is 1. The molecule has 1 aromatic carbocycles. The van der Waals surface area contributed by atoms with E-state index in [4.69, 9.17) is 14.2 Å². The van der Waals surface area contributed by atoms with Gasteiger partial charge in [-0.3, -0.25) is 4.90 Å². The summed E-state index contributed by atoms with van der Waals surface area (Å²) >= 11 is 0. The normalized spacial score (nSPS) is 21.0. The van der Waals surface area contributed by atoms with Gasteiger partial charge in [-0.25, -0.2) is 0 Å². The molecule has 22 heavy (non-hydrogen) atoms. The van der Waals surface area contributed by atoms with E-state index in [0.29, 0.717) is 26.4 Å². The Labute approximate surface area is 132 Å². The van der Waals surface area contributed by atoms with E-state index in [2.05, 4.69) is 4.90 Å². The molecule has 5 heteroatoms. The summed E-state index contributed by atoms with van der Waals surface area (Å²) in [6.45, 7) is 7.72. The third kappa shape index (κ3) is 6.32. The first-order valence-corrected chi connectivity index (χ1v) is 7.95. The molecule has 0 amide bonds. The van der Waals surface area contributed by atoms with Crippen molar-refractivity contribution >= 4 is 0 Å². The minimum Gasteiger partial charge on any atom is -0.491 e. The third-order valence-electron chi connectivity index (χ3n) is 3.49. The topological polar surface area (TPSA) is 51.2 Å². The van der Waals surface area contributed by atoms with Gasteiger partial charge in [0.1, 0.15) is 18.5 Å². The Kier molecular flexibility index (Phi) is 7.12. The quantitative estimate of drug-likeness (QED) is 0.789. The predicted octanol–water partition coefficient (Wildman–Crippen LogP) is 1.55. The molecular weight excluding hydrogens is 282 g/mol. The van der Waals surface area contributed by atoms with E-state index in [1.807, 2.05) is 44.2 Å². The van der Waals surface area contributed by atoms with Crippen LogP contribution >= 0.6 is 0 Å². The van der Waals surface area contributed by atoms with Crippen molar-refractivity contribution in [2.24, 2.45) is 0 Å². The number of para-hydroxylation sites is 1. The van der Waals surface area contributed by atoms with Crippen molar-refractivity contribution in [2.75, 3.05) is 39.5 Å². The number of β-amino-alcohol motifs (C(OH)–C–C–N with tert-alkyl or cyclic N) is 1.